The highest BCUT2D eigenvalue weighted by atomic mass is 15.6. The third-order valence-electron chi connectivity index (χ3n) is 2.81. The van der Waals surface area contributed by atoms with Crippen LogP contribution in [0, 0.1) is 6.92 Å². The van der Waals surface area contributed by atoms with Gasteiger partial charge >= 0.3 is 0 Å². The summed E-state index contributed by atoms with van der Waals surface area (Å²) in [4.78, 5) is 10.3. The van der Waals surface area contributed by atoms with Crippen molar-refractivity contribution in [2.24, 2.45) is 5.10 Å². The summed E-state index contributed by atoms with van der Waals surface area (Å²) >= 11 is 0. The average Bonchev–Trinajstić information content (AvgIpc) is 2.47. The zero-order valence-corrected chi connectivity index (χ0v) is 9.47. The minimum Gasteiger partial charge on any atom is -0.340 e. The molecule has 0 radical (unpaired) electrons. The van der Waals surface area contributed by atoms with E-state index in [9.17, 15) is 0 Å². The molecule has 0 bridgehead atoms. The summed E-state index contributed by atoms with van der Waals surface area (Å²) in [6, 6.07) is 0. The Hall–Kier alpha value is -1.65. The molecule has 1 atom stereocenters. The van der Waals surface area contributed by atoms with Crippen molar-refractivity contribution in [1.29, 1.82) is 0 Å². The second kappa shape index (κ2) is 3.49. The van der Waals surface area contributed by atoms with Crippen LogP contribution in [0.5, 0.6) is 0 Å². The lowest BCUT2D eigenvalue weighted by Gasteiger charge is -2.25. The van der Waals surface area contributed by atoms with Crippen molar-refractivity contribution in [1.82, 2.24) is 14.9 Å². The Balaban J connectivity index is 2.38. The van der Waals surface area contributed by atoms with Gasteiger partial charge in [0.05, 0.1) is 11.9 Å². The molecule has 0 saturated carbocycles. The fourth-order valence-electron chi connectivity index (χ4n) is 1.61. The number of anilines is 1. The van der Waals surface area contributed by atoms with Crippen molar-refractivity contribution in [2.75, 3.05) is 12.1 Å². The molecule has 0 aromatic carbocycles. The van der Waals surface area contributed by atoms with Crippen molar-refractivity contribution in [3.63, 3.8) is 0 Å². The Bertz CT molecular complexity index is 401. The van der Waals surface area contributed by atoms with Crippen molar-refractivity contribution in [3.05, 3.63) is 18.2 Å². The van der Waals surface area contributed by atoms with Gasteiger partial charge in [0.2, 0.25) is 0 Å². The molecule has 1 aromatic heterocycles. The highest BCUT2D eigenvalue weighted by Crippen LogP contribution is 2.24. The Labute approximate surface area is 89.4 Å². The summed E-state index contributed by atoms with van der Waals surface area (Å²) in [6.07, 6.45) is 3.57. The number of aromatic nitrogens is 2. The Morgan fingerprint density at radius 3 is 2.60 bits per heavy atom. The lowest BCUT2D eigenvalue weighted by atomic mass is 10.3. The molecule has 0 N–H and O–H groups in total. The number of aryl methyl sites for hydroxylation is 1. The van der Waals surface area contributed by atoms with E-state index in [-0.39, 0.29) is 6.17 Å². The van der Waals surface area contributed by atoms with Crippen LogP contribution in [0.2, 0.25) is 0 Å². The standard InChI is InChI=1S/C10H15N5/c1-7-10(5-11-6-12-7)15-9(3)14(4)8(2)13-15/h5-6,9H,1-4H3. The van der Waals surface area contributed by atoms with Crippen molar-refractivity contribution in [2.45, 2.75) is 26.9 Å². The quantitative estimate of drug-likeness (QED) is 0.691. The largest absolute Gasteiger partial charge is 0.340 e. The maximum atomic E-state index is 4.48. The zero-order valence-electron chi connectivity index (χ0n) is 9.47. The second-order valence-electron chi connectivity index (χ2n) is 3.73. The average molecular weight is 205 g/mol. The Morgan fingerprint density at radius 1 is 1.33 bits per heavy atom. The highest BCUT2D eigenvalue weighted by Gasteiger charge is 2.27. The van der Waals surface area contributed by atoms with Gasteiger partial charge in [0.15, 0.2) is 0 Å². The van der Waals surface area contributed by atoms with Crippen LogP contribution in [0.4, 0.5) is 5.69 Å². The van der Waals surface area contributed by atoms with Gasteiger partial charge in [-0.2, -0.15) is 5.10 Å². The summed E-state index contributed by atoms with van der Waals surface area (Å²) in [5.41, 5.74) is 1.91. The van der Waals surface area contributed by atoms with E-state index >= 15 is 0 Å². The smallest absolute Gasteiger partial charge is 0.123 e. The topological polar surface area (TPSA) is 44.6 Å². The molecule has 15 heavy (non-hydrogen) atoms. The van der Waals surface area contributed by atoms with Crippen LogP contribution in [-0.2, 0) is 0 Å². The molecule has 5 nitrogen and oxygen atoms in total. The van der Waals surface area contributed by atoms with E-state index < -0.39 is 0 Å². The number of nitrogens with zero attached hydrogens (tertiary/aromatic N) is 5. The maximum absolute atomic E-state index is 4.48. The first kappa shape index (κ1) is 9.89. The third kappa shape index (κ3) is 1.54. The molecule has 0 amide bonds. The van der Waals surface area contributed by atoms with E-state index in [2.05, 4.69) is 26.9 Å². The van der Waals surface area contributed by atoms with E-state index in [0.717, 1.165) is 17.2 Å². The number of hydrazone groups is 1. The molecule has 1 aliphatic rings. The van der Waals surface area contributed by atoms with Gasteiger partial charge in [-0.15, -0.1) is 0 Å². The number of rotatable bonds is 1. The molecule has 1 unspecified atom stereocenters. The molecule has 0 aliphatic carbocycles. The SMILES string of the molecule is CC1=NN(c2cncnc2C)C(C)N1C. The molecule has 5 heteroatoms. The summed E-state index contributed by atoms with van der Waals surface area (Å²) in [5, 5.41) is 6.43. The number of amidine groups is 1. The zero-order chi connectivity index (χ0) is 11.0. The highest BCUT2D eigenvalue weighted by molar-refractivity contribution is 5.83. The monoisotopic (exact) mass is 205 g/mol. The van der Waals surface area contributed by atoms with Crippen LogP contribution < -0.4 is 5.01 Å². The van der Waals surface area contributed by atoms with E-state index in [1.807, 2.05) is 25.9 Å². The predicted octanol–water partition coefficient (Wildman–Crippen LogP) is 1.22. The van der Waals surface area contributed by atoms with E-state index in [0.29, 0.717) is 0 Å². The lowest BCUT2D eigenvalue weighted by Crippen LogP contribution is -2.36. The predicted molar refractivity (Wildman–Crippen MR) is 59.6 cm³/mol. The second-order valence-corrected chi connectivity index (χ2v) is 3.73. The molecule has 2 rings (SSSR count). The molecule has 0 fully saturated rings. The molecule has 80 valence electrons. The van der Waals surface area contributed by atoms with Crippen LogP contribution in [0.3, 0.4) is 0 Å². The summed E-state index contributed by atoms with van der Waals surface area (Å²) in [5.74, 6) is 1.01. The summed E-state index contributed by atoms with van der Waals surface area (Å²) in [7, 11) is 2.03. The van der Waals surface area contributed by atoms with Gasteiger partial charge in [-0.05, 0) is 20.8 Å². The first-order chi connectivity index (χ1) is 7.11. The van der Waals surface area contributed by atoms with Crippen LogP contribution in [0.15, 0.2) is 17.6 Å². The lowest BCUT2D eigenvalue weighted by molar-refractivity contribution is 0.411. The Kier molecular flexibility index (Phi) is 2.30. The van der Waals surface area contributed by atoms with Gasteiger partial charge in [0.1, 0.15) is 24.0 Å². The third-order valence-corrected chi connectivity index (χ3v) is 2.81. The molecular weight excluding hydrogens is 190 g/mol. The maximum Gasteiger partial charge on any atom is 0.123 e. The van der Waals surface area contributed by atoms with Crippen LogP contribution in [-0.4, -0.2) is 33.9 Å². The first-order valence-corrected chi connectivity index (χ1v) is 4.95. The molecular formula is C10H15N5. The van der Waals surface area contributed by atoms with Gasteiger partial charge in [-0.3, -0.25) is 0 Å². The summed E-state index contributed by atoms with van der Waals surface area (Å²) < 4.78 is 0. The van der Waals surface area contributed by atoms with Gasteiger partial charge in [0, 0.05) is 7.05 Å². The molecule has 1 aliphatic heterocycles. The van der Waals surface area contributed by atoms with Crippen LogP contribution in [0.1, 0.15) is 19.5 Å². The van der Waals surface area contributed by atoms with Gasteiger partial charge in [-0.25, -0.2) is 15.0 Å². The summed E-state index contributed by atoms with van der Waals surface area (Å²) in [6.45, 7) is 6.06. The molecule has 2 heterocycles. The van der Waals surface area contributed by atoms with Gasteiger partial charge in [0.25, 0.3) is 0 Å². The molecule has 0 spiro atoms. The van der Waals surface area contributed by atoms with Crippen molar-refractivity contribution < 1.29 is 0 Å². The van der Waals surface area contributed by atoms with Crippen molar-refractivity contribution >= 4 is 11.5 Å². The number of hydrogen-bond donors (Lipinski definition) is 0. The molecule has 0 saturated heterocycles. The van der Waals surface area contributed by atoms with E-state index in [1.54, 1.807) is 12.5 Å². The van der Waals surface area contributed by atoms with E-state index in [1.165, 1.54) is 0 Å². The minimum atomic E-state index is 0.217. The Morgan fingerprint density at radius 2 is 2.07 bits per heavy atom. The van der Waals surface area contributed by atoms with Gasteiger partial charge < -0.3 is 4.90 Å². The number of hydrogen-bond acceptors (Lipinski definition) is 5. The van der Waals surface area contributed by atoms with E-state index in [4.69, 9.17) is 0 Å². The normalized spacial score (nSPS) is 20.8. The fraction of sp³-hybridized carbons (Fsp3) is 0.500. The minimum absolute atomic E-state index is 0.217. The van der Waals surface area contributed by atoms with Gasteiger partial charge in [-0.1, -0.05) is 0 Å². The van der Waals surface area contributed by atoms with Crippen molar-refractivity contribution in [3.8, 4) is 0 Å². The van der Waals surface area contributed by atoms with Crippen LogP contribution >= 0.6 is 0 Å². The first-order valence-electron chi connectivity index (χ1n) is 4.95. The fourth-order valence-corrected chi connectivity index (χ4v) is 1.61. The molecule has 1 aromatic rings. The van der Waals surface area contributed by atoms with Crippen LogP contribution in [0.25, 0.3) is 0 Å².